The highest BCUT2D eigenvalue weighted by Gasteiger charge is 2.85. The number of hydrogen-bond acceptors (Lipinski definition) is 7. The minimum atomic E-state index is -1.89. The molecular weight excluding hydrogens is 472 g/mol. The Kier molecular flexibility index (Phi) is 7.61. The van der Waals surface area contributed by atoms with E-state index in [2.05, 4.69) is 6.92 Å². The van der Waals surface area contributed by atoms with Crippen LogP contribution >= 0.6 is 0 Å². The van der Waals surface area contributed by atoms with Crippen molar-refractivity contribution in [3.05, 3.63) is 23.3 Å². The number of hydrogen-bond donors (Lipinski definition) is 4. The number of ketones is 1. The third kappa shape index (κ3) is 4.16. The van der Waals surface area contributed by atoms with Crippen LogP contribution in [0.4, 0.5) is 0 Å². The fourth-order valence-electron chi connectivity index (χ4n) is 8.03. The van der Waals surface area contributed by atoms with Gasteiger partial charge < -0.3 is 25.2 Å². The van der Waals surface area contributed by atoms with Crippen LogP contribution in [-0.2, 0) is 14.3 Å². The van der Waals surface area contributed by atoms with Crippen LogP contribution in [0.15, 0.2) is 23.3 Å². The summed E-state index contributed by atoms with van der Waals surface area (Å²) in [5.41, 5.74) is -4.75. The standard InChI is InChI=1S/C30H46O7/c1-6-7-8-9-10-11-12-13-23(32)37-26-19(3)29(35)21(24-27(4,5)30(24,26)36)15-20(17-31)16-28(34)22(29)14-18(2)25(28)33/h14-15,19,21-22,24,26,31,34-36H,6-13,16-17H2,1-5H3/t19-,21+,22-,24?,26-,28-,29-,30-/m1/s1. The van der Waals surface area contributed by atoms with Crippen molar-refractivity contribution < 1.29 is 34.8 Å². The Morgan fingerprint density at radius 3 is 2.30 bits per heavy atom. The van der Waals surface area contributed by atoms with Crippen LogP contribution in [0.2, 0.25) is 0 Å². The molecule has 0 radical (unpaired) electrons. The first kappa shape index (κ1) is 28.5. The van der Waals surface area contributed by atoms with Gasteiger partial charge in [0.25, 0.3) is 0 Å². The predicted octanol–water partition coefficient (Wildman–Crippen LogP) is 3.62. The van der Waals surface area contributed by atoms with Crippen molar-refractivity contribution in [3.8, 4) is 0 Å². The van der Waals surface area contributed by atoms with Crippen molar-refractivity contribution in [2.24, 2.45) is 29.1 Å². The first-order valence-electron chi connectivity index (χ1n) is 14.2. The Balaban J connectivity index is 1.60. The van der Waals surface area contributed by atoms with Crippen molar-refractivity contribution in [2.45, 2.75) is 115 Å². The highest BCUT2D eigenvalue weighted by Crippen LogP contribution is 2.75. The number of fused-ring (bicyclic) bond motifs is 5. The van der Waals surface area contributed by atoms with E-state index >= 15 is 0 Å². The van der Waals surface area contributed by atoms with Crippen molar-refractivity contribution in [1.82, 2.24) is 0 Å². The summed E-state index contributed by atoms with van der Waals surface area (Å²) in [5, 5.41) is 46.1. The molecule has 0 aromatic heterocycles. The van der Waals surface area contributed by atoms with E-state index in [-0.39, 0.29) is 19.4 Å². The summed E-state index contributed by atoms with van der Waals surface area (Å²) in [7, 11) is 0. The second-order valence-electron chi connectivity index (χ2n) is 12.7. The smallest absolute Gasteiger partial charge is 0.306 e. The molecule has 2 fully saturated rings. The summed E-state index contributed by atoms with van der Waals surface area (Å²) >= 11 is 0. The number of rotatable bonds is 10. The molecule has 4 aliphatic rings. The van der Waals surface area contributed by atoms with Crippen molar-refractivity contribution in [1.29, 1.82) is 0 Å². The van der Waals surface area contributed by atoms with Crippen LogP contribution in [0.5, 0.6) is 0 Å². The zero-order chi connectivity index (χ0) is 27.4. The Hall–Kier alpha value is -1.54. The zero-order valence-corrected chi connectivity index (χ0v) is 23.1. The monoisotopic (exact) mass is 518 g/mol. The molecule has 7 nitrogen and oxygen atoms in total. The van der Waals surface area contributed by atoms with Gasteiger partial charge in [0, 0.05) is 41.9 Å². The van der Waals surface area contributed by atoms with Crippen LogP contribution in [-0.4, -0.2) is 61.7 Å². The summed E-state index contributed by atoms with van der Waals surface area (Å²) in [6.07, 6.45) is 10.1. The topological polar surface area (TPSA) is 124 Å². The van der Waals surface area contributed by atoms with Crippen LogP contribution in [0.3, 0.4) is 0 Å². The molecule has 0 aromatic rings. The molecule has 8 atom stereocenters. The third-order valence-electron chi connectivity index (χ3n) is 10.2. The Bertz CT molecular complexity index is 982. The quantitative estimate of drug-likeness (QED) is 0.198. The normalized spacial score (nSPS) is 41.6. The summed E-state index contributed by atoms with van der Waals surface area (Å²) in [5.74, 6) is -3.66. The molecule has 0 amide bonds. The number of carbonyl (C=O) groups excluding carboxylic acids is 2. The van der Waals surface area contributed by atoms with Gasteiger partial charge >= 0.3 is 5.97 Å². The van der Waals surface area contributed by atoms with E-state index in [0.29, 0.717) is 17.6 Å². The lowest BCUT2D eigenvalue weighted by atomic mass is 9.59. The molecule has 37 heavy (non-hydrogen) atoms. The summed E-state index contributed by atoms with van der Waals surface area (Å²) in [6.45, 7) is 8.99. The first-order chi connectivity index (χ1) is 17.3. The maximum Gasteiger partial charge on any atom is 0.306 e. The molecular formula is C30H46O7. The highest BCUT2D eigenvalue weighted by atomic mass is 16.6. The van der Waals surface area contributed by atoms with Crippen molar-refractivity contribution >= 4 is 11.8 Å². The average molecular weight is 519 g/mol. The molecule has 0 aromatic carbocycles. The van der Waals surface area contributed by atoms with Crippen LogP contribution in [0, 0.1) is 29.1 Å². The number of esters is 1. The van der Waals surface area contributed by atoms with Gasteiger partial charge in [0.15, 0.2) is 5.78 Å². The molecule has 4 aliphatic carbocycles. The maximum atomic E-state index is 13.1. The van der Waals surface area contributed by atoms with Gasteiger partial charge in [-0.25, -0.2) is 0 Å². The van der Waals surface area contributed by atoms with E-state index < -0.39 is 63.7 Å². The summed E-state index contributed by atoms with van der Waals surface area (Å²) in [4.78, 5) is 26.1. The fourth-order valence-corrected chi connectivity index (χ4v) is 8.03. The second-order valence-corrected chi connectivity index (χ2v) is 12.7. The molecule has 1 unspecified atom stereocenters. The molecule has 0 saturated heterocycles. The molecule has 2 saturated carbocycles. The SMILES string of the molecule is CCCCCCCCCC(=O)O[C@@H]1[C@@H](C)[C@@]2(O)[C@@H](C=C(CO)C[C@]3(O)C(=O)C(C)=C[C@@H]23)C2C(C)(C)[C@@]21O. The van der Waals surface area contributed by atoms with Gasteiger partial charge in [0.1, 0.15) is 17.3 Å². The largest absolute Gasteiger partial charge is 0.459 e. The molecule has 0 heterocycles. The van der Waals surface area contributed by atoms with Gasteiger partial charge in [-0.15, -0.1) is 0 Å². The third-order valence-corrected chi connectivity index (χ3v) is 10.2. The van der Waals surface area contributed by atoms with Gasteiger partial charge in [-0.1, -0.05) is 78.4 Å². The molecule has 0 aliphatic heterocycles. The molecule has 0 spiro atoms. The van der Waals surface area contributed by atoms with Crippen LogP contribution in [0.25, 0.3) is 0 Å². The van der Waals surface area contributed by atoms with E-state index in [0.717, 1.165) is 19.3 Å². The average Bonchev–Trinajstić information content (AvgIpc) is 3.24. The maximum absolute atomic E-state index is 13.1. The van der Waals surface area contributed by atoms with Gasteiger partial charge in [-0.2, -0.15) is 0 Å². The van der Waals surface area contributed by atoms with Gasteiger partial charge in [-0.3, -0.25) is 9.59 Å². The van der Waals surface area contributed by atoms with E-state index in [1.54, 1.807) is 26.0 Å². The molecule has 4 N–H and O–H groups in total. The molecule has 4 rings (SSSR count). The summed E-state index contributed by atoms with van der Waals surface area (Å²) in [6, 6.07) is 0. The van der Waals surface area contributed by atoms with Gasteiger partial charge in [0.2, 0.25) is 0 Å². The number of aliphatic hydroxyl groups is 4. The number of unbranched alkanes of at least 4 members (excludes halogenated alkanes) is 6. The van der Waals surface area contributed by atoms with Crippen molar-refractivity contribution in [2.75, 3.05) is 6.61 Å². The lowest BCUT2D eigenvalue weighted by Crippen LogP contribution is -2.65. The Labute approximate surface area is 221 Å². The second kappa shape index (κ2) is 9.89. The minimum Gasteiger partial charge on any atom is -0.459 e. The van der Waals surface area contributed by atoms with Gasteiger partial charge in [-0.05, 0) is 24.5 Å². The van der Waals surface area contributed by atoms with E-state index in [4.69, 9.17) is 4.74 Å². The molecule has 0 bridgehead atoms. The van der Waals surface area contributed by atoms with E-state index in [1.165, 1.54) is 19.3 Å². The minimum absolute atomic E-state index is 0.0827. The summed E-state index contributed by atoms with van der Waals surface area (Å²) < 4.78 is 5.98. The van der Waals surface area contributed by atoms with Crippen LogP contribution < -0.4 is 0 Å². The number of Topliss-reactive ketones (excluding diaryl/α,β-unsaturated/α-hetero) is 1. The van der Waals surface area contributed by atoms with Gasteiger partial charge in [0.05, 0.1) is 12.2 Å². The van der Waals surface area contributed by atoms with E-state index in [9.17, 15) is 30.0 Å². The molecule has 208 valence electrons. The Morgan fingerprint density at radius 2 is 1.68 bits per heavy atom. The number of ether oxygens (including phenoxy) is 1. The number of carbonyl (C=O) groups is 2. The fraction of sp³-hybridized carbons (Fsp3) is 0.800. The van der Waals surface area contributed by atoms with Crippen molar-refractivity contribution in [3.63, 3.8) is 0 Å². The van der Waals surface area contributed by atoms with E-state index in [1.807, 2.05) is 13.8 Å². The van der Waals surface area contributed by atoms with Crippen LogP contribution in [0.1, 0.15) is 92.4 Å². The zero-order valence-electron chi connectivity index (χ0n) is 23.1. The highest BCUT2D eigenvalue weighted by molar-refractivity contribution is 6.04. The first-order valence-corrected chi connectivity index (χ1v) is 14.2. The molecule has 7 heteroatoms. The Morgan fingerprint density at radius 1 is 1.05 bits per heavy atom. The lowest BCUT2D eigenvalue weighted by Gasteiger charge is -2.52. The number of aliphatic hydroxyl groups excluding tert-OH is 1. The lowest BCUT2D eigenvalue weighted by molar-refractivity contribution is -0.221. The predicted molar refractivity (Wildman–Crippen MR) is 139 cm³/mol.